The van der Waals surface area contributed by atoms with Gasteiger partial charge >= 0.3 is 5.97 Å². The Morgan fingerprint density at radius 3 is 2.61 bits per heavy atom. The number of rotatable bonds is 7. The molecule has 9 heteroatoms. The number of nitrogens with one attached hydrogen (secondary N) is 1. The second-order valence-electron chi connectivity index (χ2n) is 8.16. The molecule has 0 amide bonds. The first kappa shape index (κ1) is 23.2. The summed E-state index contributed by atoms with van der Waals surface area (Å²) in [6.07, 6.45) is 1.37. The molecule has 4 rings (SSSR count). The fourth-order valence-electron chi connectivity index (χ4n) is 3.96. The molecule has 33 heavy (non-hydrogen) atoms. The minimum absolute atomic E-state index is 0.0287. The Balaban J connectivity index is 1.69. The largest absolute Gasteiger partial charge is 0.465 e. The van der Waals surface area contributed by atoms with Crippen LogP contribution in [-0.2, 0) is 26.0 Å². The van der Waals surface area contributed by atoms with Crippen molar-refractivity contribution in [2.45, 2.75) is 37.3 Å². The maximum absolute atomic E-state index is 13.5. The summed E-state index contributed by atoms with van der Waals surface area (Å²) in [5, 5.41) is 0.826. The Labute approximate surface area is 192 Å². The molecule has 0 radical (unpaired) electrons. The maximum Gasteiger partial charge on any atom is 0.337 e. The van der Waals surface area contributed by atoms with Crippen molar-refractivity contribution < 1.29 is 22.7 Å². The fourth-order valence-corrected chi connectivity index (χ4v) is 5.41. The number of nitrogens with zero attached hydrogens (tertiary/aromatic N) is 1. The van der Waals surface area contributed by atoms with Crippen LogP contribution < -0.4 is 5.56 Å². The lowest BCUT2D eigenvalue weighted by molar-refractivity contribution is 0.0600. The van der Waals surface area contributed by atoms with Gasteiger partial charge in [0, 0.05) is 30.8 Å². The molecule has 8 nitrogen and oxygen atoms in total. The number of sulfonamides is 1. The molecule has 1 aliphatic heterocycles. The zero-order chi connectivity index (χ0) is 23.6. The van der Waals surface area contributed by atoms with Gasteiger partial charge in [-0.2, -0.15) is 4.31 Å². The van der Waals surface area contributed by atoms with Gasteiger partial charge in [-0.3, -0.25) is 4.79 Å². The van der Waals surface area contributed by atoms with Crippen LogP contribution in [0.4, 0.5) is 0 Å². The van der Waals surface area contributed by atoms with Crippen LogP contribution in [-0.4, -0.2) is 50.0 Å². The SMILES string of the molecule is COC(=O)c1ccc(S(=O)(=O)N(Cc2cc3ccc(C)cc3[nH]c2=O)C[C@H]2CCCO2)cc1. The first-order valence-corrected chi connectivity index (χ1v) is 12.1. The molecule has 2 aromatic carbocycles. The van der Waals surface area contributed by atoms with Crippen molar-refractivity contribution in [1.29, 1.82) is 0 Å². The van der Waals surface area contributed by atoms with E-state index < -0.39 is 16.0 Å². The number of methoxy groups -OCH3 is 1. The van der Waals surface area contributed by atoms with Gasteiger partial charge in [-0.05, 0) is 67.1 Å². The summed E-state index contributed by atoms with van der Waals surface area (Å²) in [7, 11) is -2.70. The number of benzene rings is 2. The van der Waals surface area contributed by atoms with E-state index >= 15 is 0 Å². The highest BCUT2D eigenvalue weighted by Crippen LogP contribution is 2.23. The molecule has 1 atom stereocenters. The van der Waals surface area contributed by atoms with Crippen LogP contribution in [0.3, 0.4) is 0 Å². The Hall–Kier alpha value is -3.01. The van der Waals surface area contributed by atoms with Crippen molar-refractivity contribution >= 4 is 26.9 Å². The van der Waals surface area contributed by atoms with Gasteiger partial charge in [0.25, 0.3) is 5.56 Å². The molecule has 1 saturated heterocycles. The Morgan fingerprint density at radius 1 is 1.18 bits per heavy atom. The molecule has 0 spiro atoms. The van der Waals surface area contributed by atoms with Gasteiger partial charge in [-0.15, -0.1) is 0 Å². The molecule has 174 valence electrons. The van der Waals surface area contributed by atoms with Crippen molar-refractivity contribution in [2.75, 3.05) is 20.3 Å². The van der Waals surface area contributed by atoms with E-state index in [0.29, 0.717) is 17.7 Å². The zero-order valence-electron chi connectivity index (χ0n) is 18.5. The van der Waals surface area contributed by atoms with Crippen molar-refractivity contribution in [2.24, 2.45) is 0 Å². The number of aromatic amines is 1. The lowest BCUT2D eigenvalue weighted by Gasteiger charge is -2.25. The predicted octanol–water partition coefficient (Wildman–Crippen LogP) is 2.99. The summed E-state index contributed by atoms with van der Waals surface area (Å²) in [6.45, 7) is 2.56. The Kier molecular flexibility index (Phi) is 6.64. The van der Waals surface area contributed by atoms with Gasteiger partial charge in [0.15, 0.2) is 0 Å². The number of ether oxygens (including phenoxy) is 2. The third kappa shape index (κ3) is 5.00. The molecule has 1 N–H and O–H groups in total. The van der Waals surface area contributed by atoms with Gasteiger partial charge in [0.2, 0.25) is 10.0 Å². The highest BCUT2D eigenvalue weighted by molar-refractivity contribution is 7.89. The van der Waals surface area contributed by atoms with Crippen LogP contribution >= 0.6 is 0 Å². The lowest BCUT2D eigenvalue weighted by Crippen LogP contribution is -2.38. The minimum atomic E-state index is -3.96. The predicted molar refractivity (Wildman–Crippen MR) is 124 cm³/mol. The van der Waals surface area contributed by atoms with E-state index in [1.807, 2.05) is 25.1 Å². The lowest BCUT2D eigenvalue weighted by atomic mass is 10.1. The number of carbonyl (C=O) groups is 1. The van der Waals surface area contributed by atoms with Crippen molar-refractivity contribution in [3.63, 3.8) is 0 Å². The average Bonchev–Trinajstić information content (AvgIpc) is 3.32. The molecule has 1 aromatic heterocycles. The van der Waals surface area contributed by atoms with Crippen LogP contribution in [0.2, 0.25) is 0 Å². The van der Waals surface area contributed by atoms with E-state index in [-0.39, 0.29) is 35.2 Å². The van der Waals surface area contributed by atoms with Crippen molar-refractivity contribution in [1.82, 2.24) is 9.29 Å². The van der Waals surface area contributed by atoms with Crippen LogP contribution in [0, 0.1) is 6.92 Å². The van der Waals surface area contributed by atoms with Crippen LogP contribution in [0.1, 0.15) is 34.3 Å². The first-order valence-electron chi connectivity index (χ1n) is 10.7. The number of H-pyrrole nitrogens is 1. The van der Waals surface area contributed by atoms with Crippen molar-refractivity contribution in [3.8, 4) is 0 Å². The van der Waals surface area contributed by atoms with Crippen LogP contribution in [0.15, 0.2) is 58.2 Å². The molecule has 0 aliphatic carbocycles. The number of aryl methyl sites for hydroxylation is 1. The smallest absolute Gasteiger partial charge is 0.337 e. The van der Waals surface area contributed by atoms with Gasteiger partial charge < -0.3 is 14.5 Å². The number of hydrogen-bond acceptors (Lipinski definition) is 6. The summed E-state index contributed by atoms with van der Waals surface area (Å²) in [4.78, 5) is 27.4. The highest BCUT2D eigenvalue weighted by Gasteiger charge is 2.30. The molecule has 0 bridgehead atoms. The van der Waals surface area contributed by atoms with E-state index in [1.165, 1.54) is 35.7 Å². The molecule has 1 aliphatic rings. The van der Waals surface area contributed by atoms with Crippen LogP contribution in [0.5, 0.6) is 0 Å². The Morgan fingerprint density at radius 2 is 1.94 bits per heavy atom. The van der Waals surface area contributed by atoms with Gasteiger partial charge in [-0.1, -0.05) is 12.1 Å². The average molecular weight is 471 g/mol. The second-order valence-corrected chi connectivity index (χ2v) is 10.1. The number of esters is 1. The van der Waals surface area contributed by atoms with Gasteiger partial charge in [-0.25, -0.2) is 13.2 Å². The van der Waals surface area contributed by atoms with Gasteiger partial charge in [0.1, 0.15) is 0 Å². The maximum atomic E-state index is 13.5. The number of aromatic nitrogens is 1. The van der Waals surface area contributed by atoms with E-state index in [4.69, 9.17) is 4.74 Å². The summed E-state index contributed by atoms with van der Waals surface area (Å²) < 4.78 is 38.7. The number of pyridine rings is 1. The molecule has 2 heterocycles. The third-order valence-corrected chi connectivity index (χ3v) is 7.60. The number of hydrogen-bond donors (Lipinski definition) is 1. The van der Waals surface area contributed by atoms with Crippen LogP contribution in [0.25, 0.3) is 10.9 Å². The summed E-state index contributed by atoms with van der Waals surface area (Å²) in [5.74, 6) is -0.548. The van der Waals surface area contributed by atoms with E-state index in [1.54, 1.807) is 6.07 Å². The molecular formula is C24H26N2O6S. The topological polar surface area (TPSA) is 106 Å². The summed E-state index contributed by atoms with van der Waals surface area (Å²) in [6, 6.07) is 13.0. The standard InChI is InChI=1S/C24H26N2O6S/c1-16-5-6-18-13-19(23(27)25-22(18)12-16)14-26(15-20-4-3-11-32-20)33(29,30)21-9-7-17(8-10-21)24(28)31-2/h5-10,12-13,20H,3-4,11,14-15H2,1-2H3,(H,25,27)/t20-/m1/s1. The molecular weight excluding hydrogens is 444 g/mol. The summed E-state index contributed by atoms with van der Waals surface area (Å²) >= 11 is 0. The van der Waals surface area contributed by atoms with E-state index in [9.17, 15) is 18.0 Å². The monoisotopic (exact) mass is 470 g/mol. The normalized spacial score (nSPS) is 16.4. The van der Waals surface area contributed by atoms with E-state index in [2.05, 4.69) is 9.72 Å². The molecule has 3 aromatic rings. The number of fused-ring (bicyclic) bond motifs is 1. The zero-order valence-corrected chi connectivity index (χ0v) is 19.4. The van der Waals surface area contributed by atoms with Crippen molar-refractivity contribution in [3.05, 3.63) is 75.6 Å². The fraction of sp³-hybridized carbons (Fsp3) is 0.333. The third-order valence-electron chi connectivity index (χ3n) is 5.77. The Bertz CT molecular complexity index is 1330. The highest BCUT2D eigenvalue weighted by atomic mass is 32.2. The quantitative estimate of drug-likeness (QED) is 0.532. The number of carbonyl (C=O) groups excluding carboxylic acids is 1. The van der Waals surface area contributed by atoms with E-state index in [0.717, 1.165) is 23.8 Å². The molecule has 0 saturated carbocycles. The second kappa shape index (κ2) is 9.46. The van der Waals surface area contributed by atoms with Gasteiger partial charge in [0.05, 0.1) is 23.7 Å². The molecule has 1 fully saturated rings. The minimum Gasteiger partial charge on any atom is -0.465 e. The summed E-state index contributed by atoms with van der Waals surface area (Å²) in [5.41, 5.74) is 1.99. The first-order chi connectivity index (χ1) is 15.8. The molecule has 0 unspecified atom stereocenters.